The molecular weight excluding hydrogens is 568 g/mol. The SMILES string of the molecule is O=C(OC1([C@H]2CCC[C@@H](c3cccc(F)c3)N2S(=O)(=O)c2cccc(F)c2)CC1)N1CCC(N(CCO)CCO)CC1. The first-order valence-corrected chi connectivity index (χ1v) is 16.1. The minimum atomic E-state index is -4.26. The van der Waals surface area contributed by atoms with Gasteiger partial charge in [-0.25, -0.2) is 22.0 Å². The number of aliphatic hydroxyl groups is 2. The summed E-state index contributed by atoms with van der Waals surface area (Å²) in [5.74, 6) is -1.16. The van der Waals surface area contributed by atoms with E-state index in [4.69, 9.17) is 4.74 Å². The monoisotopic (exact) mass is 607 g/mol. The highest BCUT2D eigenvalue weighted by Gasteiger charge is 2.60. The number of ether oxygens (including phenoxy) is 1. The number of amides is 1. The molecule has 9 nitrogen and oxygen atoms in total. The summed E-state index contributed by atoms with van der Waals surface area (Å²) in [4.78, 5) is 16.9. The van der Waals surface area contributed by atoms with Gasteiger partial charge in [0.2, 0.25) is 10.0 Å². The Kier molecular flexibility index (Phi) is 9.48. The summed E-state index contributed by atoms with van der Waals surface area (Å²) in [6.45, 7) is 1.74. The molecule has 0 spiro atoms. The summed E-state index contributed by atoms with van der Waals surface area (Å²) < 4.78 is 64.3. The second kappa shape index (κ2) is 12.9. The molecule has 1 aliphatic carbocycles. The number of rotatable bonds is 10. The van der Waals surface area contributed by atoms with Gasteiger partial charge in [-0.3, -0.25) is 4.90 Å². The molecule has 0 radical (unpaired) electrons. The molecular formula is C30H39F2N3O6S. The predicted molar refractivity (Wildman–Crippen MR) is 151 cm³/mol. The molecule has 2 N–H and O–H groups in total. The maximum Gasteiger partial charge on any atom is 0.410 e. The average Bonchev–Trinajstić information content (AvgIpc) is 3.77. The lowest BCUT2D eigenvalue weighted by molar-refractivity contribution is -0.0147. The fraction of sp³-hybridized carbons (Fsp3) is 0.567. The normalized spacial score (nSPS) is 23.2. The number of aliphatic hydroxyl groups excluding tert-OH is 2. The Bertz CT molecular complexity index is 1340. The van der Waals surface area contributed by atoms with Gasteiger partial charge in [-0.1, -0.05) is 18.2 Å². The molecule has 3 fully saturated rings. The number of sulfonamides is 1. The van der Waals surface area contributed by atoms with Crippen LogP contribution >= 0.6 is 0 Å². The van der Waals surface area contributed by atoms with Crippen LogP contribution in [0.5, 0.6) is 0 Å². The van der Waals surface area contributed by atoms with E-state index < -0.39 is 45.4 Å². The Morgan fingerprint density at radius 2 is 1.60 bits per heavy atom. The maximum atomic E-state index is 14.3. The van der Waals surface area contributed by atoms with E-state index in [0.717, 1.165) is 6.07 Å². The molecule has 2 atom stereocenters. The molecule has 5 rings (SSSR count). The molecule has 0 aromatic heterocycles. The highest BCUT2D eigenvalue weighted by molar-refractivity contribution is 7.89. The second-order valence-corrected chi connectivity index (χ2v) is 13.3. The number of nitrogens with zero attached hydrogens (tertiary/aromatic N) is 3. The van der Waals surface area contributed by atoms with Crippen molar-refractivity contribution in [2.45, 2.75) is 73.6 Å². The van der Waals surface area contributed by atoms with Crippen LogP contribution < -0.4 is 0 Å². The molecule has 230 valence electrons. The number of halogens is 2. The van der Waals surface area contributed by atoms with Gasteiger partial charge in [-0.15, -0.1) is 0 Å². The van der Waals surface area contributed by atoms with Crippen molar-refractivity contribution in [3.8, 4) is 0 Å². The third kappa shape index (κ3) is 6.47. The molecule has 1 amide bonds. The number of carbonyl (C=O) groups excluding carboxylic acids is 1. The average molecular weight is 608 g/mol. The fourth-order valence-corrected chi connectivity index (χ4v) is 8.55. The lowest BCUT2D eigenvalue weighted by Crippen LogP contribution is -2.55. The quantitative estimate of drug-likeness (QED) is 0.424. The van der Waals surface area contributed by atoms with Crippen LogP contribution in [-0.2, 0) is 14.8 Å². The minimum Gasteiger partial charge on any atom is -0.441 e. The first-order valence-electron chi connectivity index (χ1n) is 14.7. The summed E-state index contributed by atoms with van der Waals surface area (Å²) in [5, 5.41) is 18.7. The molecule has 2 aliphatic heterocycles. The van der Waals surface area contributed by atoms with Crippen molar-refractivity contribution in [1.82, 2.24) is 14.1 Å². The zero-order chi connectivity index (χ0) is 29.9. The van der Waals surface area contributed by atoms with Crippen LogP contribution in [0.2, 0.25) is 0 Å². The van der Waals surface area contributed by atoms with E-state index >= 15 is 0 Å². The van der Waals surface area contributed by atoms with E-state index in [1.54, 1.807) is 17.0 Å². The molecule has 1 saturated carbocycles. The maximum absolute atomic E-state index is 14.3. The number of carbonyl (C=O) groups is 1. The van der Waals surface area contributed by atoms with Crippen molar-refractivity contribution < 1.29 is 36.9 Å². The topological polar surface area (TPSA) is 111 Å². The molecule has 2 heterocycles. The van der Waals surface area contributed by atoms with Crippen molar-refractivity contribution >= 4 is 16.1 Å². The van der Waals surface area contributed by atoms with Crippen molar-refractivity contribution in [1.29, 1.82) is 0 Å². The Hall–Kier alpha value is -2.64. The Morgan fingerprint density at radius 3 is 2.19 bits per heavy atom. The number of piperidine rings is 2. The second-order valence-electron chi connectivity index (χ2n) is 11.4. The fourth-order valence-electron chi connectivity index (χ4n) is 6.60. The van der Waals surface area contributed by atoms with Gasteiger partial charge in [-0.2, -0.15) is 4.31 Å². The van der Waals surface area contributed by atoms with Gasteiger partial charge in [0.15, 0.2) is 0 Å². The smallest absolute Gasteiger partial charge is 0.410 e. The molecule has 12 heteroatoms. The van der Waals surface area contributed by atoms with E-state index in [0.29, 0.717) is 76.7 Å². The zero-order valence-electron chi connectivity index (χ0n) is 23.6. The lowest BCUT2D eigenvalue weighted by atomic mass is 9.90. The molecule has 0 unspecified atom stereocenters. The van der Waals surface area contributed by atoms with Gasteiger partial charge in [0.1, 0.15) is 17.2 Å². The van der Waals surface area contributed by atoms with Gasteiger partial charge in [0.25, 0.3) is 0 Å². The third-order valence-electron chi connectivity index (χ3n) is 8.83. The summed E-state index contributed by atoms with van der Waals surface area (Å²) in [6, 6.07) is 9.44. The molecule has 0 bridgehead atoms. The van der Waals surface area contributed by atoms with Gasteiger partial charge in [0.05, 0.1) is 30.2 Å². The third-order valence-corrected chi connectivity index (χ3v) is 10.7. The first-order chi connectivity index (χ1) is 20.2. The predicted octanol–water partition coefficient (Wildman–Crippen LogP) is 3.67. The summed E-state index contributed by atoms with van der Waals surface area (Å²) in [7, 11) is -4.26. The van der Waals surface area contributed by atoms with Crippen molar-refractivity contribution in [3.63, 3.8) is 0 Å². The number of hydrogen-bond donors (Lipinski definition) is 2. The van der Waals surface area contributed by atoms with Gasteiger partial charge in [-0.05, 0) is 80.8 Å². The van der Waals surface area contributed by atoms with Crippen LogP contribution in [0.4, 0.5) is 13.6 Å². The Morgan fingerprint density at radius 1 is 0.952 bits per heavy atom. The van der Waals surface area contributed by atoms with Crippen LogP contribution in [0.15, 0.2) is 53.4 Å². The largest absolute Gasteiger partial charge is 0.441 e. The van der Waals surface area contributed by atoms with Crippen molar-refractivity contribution in [2.24, 2.45) is 0 Å². The highest BCUT2D eigenvalue weighted by atomic mass is 32.2. The standard InChI is InChI=1S/C30H39F2N3O6S/c31-23-5-1-4-22(20-23)27-8-3-9-28(35(27)42(39,40)26-7-2-6-24(32)21-26)30(12-13-30)41-29(38)34-14-10-25(11-15-34)33(16-18-36)17-19-37/h1-2,4-7,20-21,25,27-28,36-37H,3,8-19H2/t27-,28+/m0/s1. The van der Waals surface area contributed by atoms with E-state index in [1.165, 1.54) is 34.6 Å². The number of likely N-dealkylation sites (tertiary alicyclic amines) is 1. The Labute approximate surface area is 245 Å². The van der Waals surface area contributed by atoms with Crippen LogP contribution in [0.3, 0.4) is 0 Å². The highest BCUT2D eigenvalue weighted by Crippen LogP contribution is 2.52. The van der Waals surface area contributed by atoms with Crippen LogP contribution in [0, 0.1) is 11.6 Å². The van der Waals surface area contributed by atoms with Gasteiger partial charge < -0.3 is 19.8 Å². The van der Waals surface area contributed by atoms with Crippen LogP contribution in [0.1, 0.15) is 56.6 Å². The minimum absolute atomic E-state index is 0.0161. The molecule has 42 heavy (non-hydrogen) atoms. The summed E-state index contributed by atoms with van der Waals surface area (Å²) >= 11 is 0. The lowest BCUT2D eigenvalue weighted by Gasteiger charge is -2.45. The van der Waals surface area contributed by atoms with Crippen molar-refractivity contribution in [2.75, 3.05) is 39.4 Å². The first kappa shape index (κ1) is 30.8. The van der Waals surface area contributed by atoms with E-state index in [1.807, 2.05) is 4.90 Å². The van der Waals surface area contributed by atoms with Gasteiger partial charge in [0, 0.05) is 32.2 Å². The summed E-state index contributed by atoms with van der Waals surface area (Å²) in [6.07, 6.45) is 3.35. The zero-order valence-corrected chi connectivity index (χ0v) is 24.4. The van der Waals surface area contributed by atoms with E-state index in [2.05, 4.69) is 0 Å². The molecule has 2 aromatic carbocycles. The molecule has 2 aromatic rings. The van der Waals surface area contributed by atoms with E-state index in [-0.39, 0.29) is 24.2 Å². The van der Waals surface area contributed by atoms with E-state index in [9.17, 15) is 32.2 Å². The Balaban J connectivity index is 1.38. The number of hydrogen-bond acceptors (Lipinski definition) is 7. The van der Waals surface area contributed by atoms with Crippen LogP contribution in [-0.4, -0.2) is 95.9 Å². The molecule has 3 aliphatic rings. The molecule has 2 saturated heterocycles. The van der Waals surface area contributed by atoms with Crippen LogP contribution in [0.25, 0.3) is 0 Å². The number of benzene rings is 2. The van der Waals surface area contributed by atoms with Gasteiger partial charge >= 0.3 is 6.09 Å². The van der Waals surface area contributed by atoms with Crippen molar-refractivity contribution in [3.05, 3.63) is 65.7 Å². The summed E-state index contributed by atoms with van der Waals surface area (Å²) in [5.41, 5.74) is -0.528.